The van der Waals surface area contributed by atoms with Crippen molar-refractivity contribution in [1.29, 1.82) is 0 Å². The first-order valence-electron chi connectivity index (χ1n) is 6.53. The van der Waals surface area contributed by atoms with Crippen LogP contribution in [0.25, 0.3) is 23.1 Å². The number of aromatic nitrogens is 1. The number of nitrogens with one attached hydrogen (secondary N) is 1. The summed E-state index contributed by atoms with van der Waals surface area (Å²) >= 11 is 9.24. The molecule has 0 aliphatic rings. The van der Waals surface area contributed by atoms with Crippen LogP contribution in [0, 0.1) is 0 Å². The van der Waals surface area contributed by atoms with E-state index in [0.29, 0.717) is 16.1 Å². The highest BCUT2D eigenvalue weighted by molar-refractivity contribution is 9.10. The van der Waals surface area contributed by atoms with E-state index in [1.807, 2.05) is 30.3 Å². The summed E-state index contributed by atoms with van der Waals surface area (Å²) in [6, 6.07) is 12.8. The lowest BCUT2D eigenvalue weighted by atomic mass is 10.1. The molecule has 110 valence electrons. The number of carboxylic acid groups (broad SMARTS) is 1. The summed E-state index contributed by atoms with van der Waals surface area (Å²) in [5, 5.41) is 10.8. The maximum absolute atomic E-state index is 11.6. The summed E-state index contributed by atoms with van der Waals surface area (Å²) in [5.74, 6) is -0.954. The molecule has 3 nitrogen and oxygen atoms in total. The number of carboxylic acids is 1. The van der Waals surface area contributed by atoms with Crippen LogP contribution >= 0.6 is 27.5 Å². The molecular formula is C17H11BrClNO2. The van der Waals surface area contributed by atoms with Crippen LogP contribution in [-0.2, 0) is 0 Å². The fourth-order valence-corrected chi connectivity index (χ4v) is 2.79. The van der Waals surface area contributed by atoms with Gasteiger partial charge in [0.2, 0.25) is 0 Å². The Morgan fingerprint density at radius 1 is 1.14 bits per heavy atom. The Hall–Kier alpha value is -2.04. The van der Waals surface area contributed by atoms with E-state index in [0.717, 1.165) is 15.6 Å². The summed E-state index contributed by atoms with van der Waals surface area (Å²) in [5.41, 5.74) is 2.56. The Balaban J connectivity index is 2.07. The zero-order chi connectivity index (χ0) is 15.7. The maximum atomic E-state index is 11.6. The van der Waals surface area contributed by atoms with Crippen LogP contribution in [0.3, 0.4) is 0 Å². The summed E-state index contributed by atoms with van der Waals surface area (Å²) in [4.78, 5) is 14.7. The fourth-order valence-electron chi connectivity index (χ4n) is 2.30. The Kier molecular flexibility index (Phi) is 4.05. The average molecular weight is 377 g/mol. The topological polar surface area (TPSA) is 53.1 Å². The number of benzene rings is 2. The molecule has 0 saturated heterocycles. The lowest BCUT2D eigenvalue weighted by Crippen LogP contribution is -1.97. The second kappa shape index (κ2) is 5.99. The minimum atomic E-state index is -0.954. The van der Waals surface area contributed by atoms with Crippen molar-refractivity contribution < 1.29 is 9.90 Å². The molecule has 0 bridgehead atoms. The van der Waals surface area contributed by atoms with Crippen molar-refractivity contribution in [3.63, 3.8) is 0 Å². The Morgan fingerprint density at radius 2 is 1.86 bits per heavy atom. The monoisotopic (exact) mass is 375 g/mol. The second-order valence-corrected chi connectivity index (χ2v) is 6.15. The van der Waals surface area contributed by atoms with E-state index < -0.39 is 5.97 Å². The molecule has 0 aliphatic heterocycles. The van der Waals surface area contributed by atoms with Crippen LogP contribution in [-0.4, -0.2) is 16.1 Å². The number of hydrogen-bond acceptors (Lipinski definition) is 1. The predicted molar refractivity (Wildman–Crippen MR) is 93.3 cm³/mol. The zero-order valence-corrected chi connectivity index (χ0v) is 13.6. The molecule has 2 aromatic carbocycles. The van der Waals surface area contributed by atoms with E-state index in [1.54, 1.807) is 24.3 Å². The zero-order valence-electron chi connectivity index (χ0n) is 11.3. The van der Waals surface area contributed by atoms with Gasteiger partial charge in [0.25, 0.3) is 0 Å². The Morgan fingerprint density at radius 3 is 2.55 bits per heavy atom. The molecule has 3 rings (SSSR count). The number of hydrogen-bond donors (Lipinski definition) is 2. The number of halogens is 2. The lowest BCUT2D eigenvalue weighted by Gasteiger charge is -1.96. The van der Waals surface area contributed by atoms with Crippen LogP contribution in [0.4, 0.5) is 0 Å². The van der Waals surface area contributed by atoms with Gasteiger partial charge in [0.1, 0.15) is 0 Å². The first-order valence-corrected chi connectivity index (χ1v) is 7.70. The largest absolute Gasteiger partial charge is 0.478 e. The fraction of sp³-hybridized carbons (Fsp3) is 0. The third kappa shape index (κ3) is 2.93. The molecule has 0 aliphatic carbocycles. The van der Waals surface area contributed by atoms with Crippen LogP contribution in [0.15, 0.2) is 46.9 Å². The van der Waals surface area contributed by atoms with E-state index in [-0.39, 0.29) is 5.56 Å². The minimum Gasteiger partial charge on any atom is -0.478 e. The second-order valence-electron chi connectivity index (χ2n) is 4.79. The third-order valence-electron chi connectivity index (χ3n) is 3.32. The number of aromatic carboxylic acids is 1. The Bertz CT molecular complexity index is 882. The highest BCUT2D eigenvalue weighted by Gasteiger charge is 2.16. The van der Waals surface area contributed by atoms with Gasteiger partial charge in [-0.15, -0.1) is 0 Å². The van der Waals surface area contributed by atoms with Crippen LogP contribution in [0.1, 0.15) is 21.6 Å². The summed E-state index contributed by atoms with van der Waals surface area (Å²) in [6.45, 7) is 0. The quantitative estimate of drug-likeness (QED) is 0.638. The molecule has 0 spiro atoms. The van der Waals surface area contributed by atoms with Gasteiger partial charge in [0.05, 0.1) is 11.3 Å². The molecule has 1 heterocycles. The molecule has 22 heavy (non-hydrogen) atoms. The standard InChI is InChI=1S/C17H11BrClNO2/c18-11-4-7-13-15(9-11)20-14(16(13)17(21)22)8-3-10-1-5-12(19)6-2-10/h1-9,20H,(H,21,22)/b8-3+. The van der Waals surface area contributed by atoms with Crippen LogP contribution in [0.5, 0.6) is 0 Å². The van der Waals surface area contributed by atoms with E-state index >= 15 is 0 Å². The van der Waals surface area contributed by atoms with Crippen molar-refractivity contribution in [1.82, 2.24) is 4.98 Å². The van der Waals surface area contributed by atoms with Crippen molar-refractivity contribution in [3.05, 3.63) is 68.8 Å². The van der Waals surface area contributed by atoms with Gasteiger partial charge >= 0.3 is 5.97 Å². The van der Waals surface area contributed by atoms with Gasteiger partial charge in [-0.05, 0) is 35.9 Å². The number of H-pyrrole nitrogens is 1. The van der Waals surface area contributed by atoms with E-state index in [1.165, 1.54) is 0 Å². The number of rotatable bonds is 3. The average Bonchev–Trinajstić information content (AvgIpc) is 2.84. The van der Waals surface area contributed by atoms with Crippen LogP contribution < -0.4 is 0 Å². The highest BCUT2D eigenvalue weighted by Crippen LogP contribution is 2.27. The van der Waals surface area contributed by atoms with E-state index in [4.69, 9.17) is 11.6 Å². The van der Waals surface area contributed by atoms with Gasteiger partial charge in [-0.2, -0.15) is 0 Å². The first-order chi connectivity index (χ1) is 10.5. The molecule has 0 amide bonds. The Labute approximate surface area is 140 Å². The minimum absolute atomic E-state index is 0.271. The van der Waals surface area contributed by atoms with Crippen molar-refractivity contribution in [3.8, 4) is 0 Å². The van der Waals surface area contributed by atoms with Crippen molar-refractivity contribution >= 4 is 56.6 Å². The molecule has 1 aromatic heterocycles. The van der Waals surface area contributed by atoms with Crippen molar-refractivity contribution in [2.75, 3.05) is 0 Å². The molecule has 0 unspecified atom stereocenters. The first kappa shape index (κ1) is 14.9. The molecule has 0 saturated carbocycles. The SMILES string of the molecule is O=C(O)c1c(/C=C/c2ccc(Cl)cc2)[nH]c2cc(Br)ccc12. The molecule has 3 aromatic rings. The highest BCUT2D eigenvalue weighted by atomic mass is 79.9. The van der Waals surface area contributed by atoms with Crippen molar-refractivity contribution in [2.45, 2.75) is 0 Å². The van der Waals surface area contributed by atoms with E-state index in [9.17, 15) is 9.90 Å². The molecule has 0 radical (unpaired) electrons. The van der Waals surface area contributed by atoms with Gasteiger partial charge in [-0.3, -0.25) is 0 Å². The number of carbonyl (C=O) groups is 1. The summed E-state index contributed by atoms with van der Waals surface area (Å²) in [6.07, 6.45) is 3.61. The van der Waals surface area contributed by atoms with Gasteiger partial charge in [0.15, 0.2) is 0 Å². The molecule has 0 fully saturated rings. The van der Waals surface area contributed by atoms with E-state index in [2.05, 4.69) is 20.9 Å². The van der Waals surface area contributed by atoms with Gasteiger partial charge in [0, 0.05) is 20.4 Å². The predicted octanol–water partition coefficient (Wildman–Crippen LogP) is 5.45. The smallest absolute Gasteiger partial charge is 0.338 e. The molecule has 2 N–H and O–H groups in total. The molecular weight excluding hydrogens is 366 g/mol. The van der Waals surface area contributed by atoms with Crippen molar-refractivity contribution in [2.24, 2.45) is 0 Å². The van der Waals surface area contributed by atoms with Gasteiger partial charge < -0.3 is 10.1 Å². The molecule has 0 atom stereocenters. The third-order valence-corrected chi connectivity index (χ3v) is 4.06. The van der Waals surface area contributed by atoms with Gasteiger partial charge in [-0.1, -0.05) is 51.8 Å². The number of aromatic amines is 1. The maximum Gasteiger partial charge on any atom is 0.338 e. The van der Waals surface area contributed by atoms with Crippen LogP contribution in [0.2, 0.25) is 5.02 Å². The van der Waals surface area contributed by atoms with Gasteiger partial charge in [-0.25, -0.2) is 4.79 Å². The summed E-state index contributed by atoms with van der Waals surface area (Å²) < 4.78 is 0.895. The lowest BCUT2D eigenvalue weighted by molar-refractivity contribution is 0.0699. The normalized spacial score (nSPS) is 11.4. The molecule has 5 heteroatoms. The number of fused-ring (bicyclic) bond motifs is 1. The summed E-state index contributed by atoms with van der Waals surface area (Å²) in [7, 11) is 0.